The van der Waals surface area contributed by atoms with Gasteiger partial charge in [-0.2, -0.15) is 0 Å². The van der Waals surface area contributed by atoms with E-state index in [0.29, 0.717) is 19.7 Å². The van der Waals surface area contributed by atoms with E-state index in [1.807, 2.05) is 30.9 Å². The summed E-state index contributed by atoms with van der Waals surface area (Å²) in [7, 11) is 0. The summed E-state index contributed by atoms with van der Waals surface area (Å²) in [6, 6.07) is 8.04. The molecule has 4 nitrogen and oxygen atoms in total. The second-order valence-corrected chi connectivity index (χ2v) is 6.81. The lowest BCUT2D eigenvalue weighted by atomic mass is 10.1. The summed E-state index contributed by atoms with van der Waals surface area (Å²) in [6.45, 7) is 12.4. The Morgan fingerprint density at radius 2 is 1.96 bits per heavy atom. The number of nitrogens with zero attached hydrogens (tertiary/aromatic N) is 2. The van der Waals surface area contributed by atoms with E-state index in [0.717, 1.165) is 18.7 Å². The van der Waals surface area contributed by atoms with Gasteiger partial charge in [0.05, 0.1) is 12.2 Å². The Morgan fingerprint density at radius 1 is 1.26 bits per heavy atom. The Kier molecular flexibility index (Phi) is 6.05. The molecule has 1 aromatic carbocycles. The molecule has 2 rings (SSSR count). The molecule has 128 valence electrons. The zero-order valence-electron chi connectivity index (χ0n) is 15.0. The highest BCUT2D eigenvalue weighted by Gasteiger charge is 2.30. The van der Waals surface area contributed by atoms with Crippen LogP contribution in [0.4, 0.5) is 5.69 Å². The Balaban J connectivity index is 2.05. The van der Waals surface area contributed by atoms with Crippen molar-refractivity contribution in [2.75, 3.05) is 37.7 Å². The molecule has 0 aliphatic carbocycles. The topological polar surface area (TPSA) is 32.8 Å². The SMILES string of the molecule is CCCCN(CC)c1ccc(C(=O)N2CCOC(C)(C)C2)cc1. The van der Waals surface area contributed by atoms with Gasteiger partial charge in [-0.05, 0) is 51.5 Å². The van der Waals surface area contributed by atoms with Gasteiger partial charge in [0, 0.05) is 37.4 Å². The molecule has 0 atom stereocenters. The van der Waals surface area contributed by atoms with E-state index < -0.39 is 0 Å². The average Bonchev–Trinajstić information content (AvgIpc) is 2.54. The van der Waals surface area contributed by atoms with Gasteiger partial charge in [0.1, 0.15) is 0 Å². The van der Waals surface area contributed by atoms with E-state index >= 15 is 0 Å². The summed E-state index contributed by atoms with van der Waals surface area (Å²) in [4.78, 5) is 16.9. The second kappa shape index (κ2) is 7.82. The number of carbonyl (C=O) groups is 1. The lowest BCUT2D eigenvalue weighted by Crippen LogP contribution is -2.50. The number of morpholine rings is 1. The highest BCUT2D eigenvalue weighted by Crippen LogP contribution is 2.20. The molecule has 4 heteroatoms. The van der Waals surface area contributed by atoms with Crippen molar-refractivity contribution in [3.05, 3.63) is 29.8 Å². The smallest absolute Gasteiger partial charge is 0.254 e. The monoisotopic (exact) mass is 318 g/mol. The fourth-order valence-electron chi connectivity index (χ4n) is 3.01. The van der Waals surface area contributed by atoms with Crippen LogP contribution in [0.5, 0.6) is 0 Å². The number of anilines is 1. The zero-order valence-corrected chi connectivity index (χ0v) is 15.0. The number of unbranched alkanes of at least 4 members (excludes halogenated alkanes) is 1. The van der Waals surface area contributed by atoms with Crippen molar-refractivity contribution in [3.8, 4) is 0 Å². The number of carbonyl (C=O) groups excluding carboxylic acids is 1. The van der Waals surface area contributed by atoms with Crippen LogP contribution in [0.25, 0.3) is 0 Å². The maximum absolute atomic E-state index is 12.7. The quantitative estimate of drug-likeness (QED) is 0.804. The first-order valence-electron chi connectivity index (χ1n) is 8.75. The summed E-state index contributed by atoms with van der Waals surface area (Å²) >= 11 is 0. The van der Waals surface area contributed by atoms with Crippen LogP contribution in [0.2, 0.25) is 0 Å². The minimum atomic E-state index is -0.257. The molecule has 0 radical (unpaired) electrons. The highest BCUT2D eigenvalue weighted by molar-refractivity contribution is 5.94. The predicted molar refractivity (Wildman–Crippen MR) is 95.2 cm³/mol. The summed E-state index contributed by atoms with van der Waals surface area (Å²) in [5.41, 5.74) is 1.70. The lowest BCUT2D eigenvalue weighted by molar-refractivity contribution is -0.0764. The van der Waals surface area contributed by atoms with Crippen molar-refractivity contribution in [3.63, 3.8) is 0 Å². The predicted octanol–water partition coefficient (Wildman–Crippen LogP) is 3.56. The first kappa shape index (κ1) is 17.8. The third-order valence-corrected chi connectivity index (χ3v) is 4.36. The number of amides is 1. The van der Waals surface area contributed by atoms with Crippen molar-refractivity contribution in [1.29, 1.82) is 0 Å². The van der Waals surface area contributed by atoms with E-state index in [1.165, 1.54) is 18.5 Å². The van der Waals surface area contributed by atoms with E-state index in [9.17, 15) is 4.79 Å². The normalized spacial score (nSPS) is 17.1. The summed E-state index contributed by atoms with van der Waals surface area (Å²) < 4.78 is 5.68. The molecule has 0 aromatic heterocycles. The summed E-state index contributed by atoms with van der Waals surface area (Å²) in [6.07, 6.45) is 2.39. The molecule has 1 aromatic rings. The van der Waals surface area contributed by atoms with E-state index in [1.54, 1.807) is 0 Å². The molecule has 0 unspecified atom stereocenters. The fraction of sp³-hybridized carbons (Fsp3) is 0.632. The van der Waals surface area contributed by atoms with E-state index in [-0.39, 0.29) is 11.5 Å². The van der Waals surface area contributed by atoms with Crippen molar-refractivity contribution >= 4 is 11.6 Å². The van der Waals surface area contributed by atoms with Crippen molar-refractivity contribution in [2.24, 2.45) is 0 Å². The number of rotatable bonds is 6. The van der Waals surface area contributed by atoms with Gasteiger partial charge in [0.25, 0.3) is 5.91 Å². The van der Waals surface area contributed by atoms with Crippen molar-refractivity contribution in [2.45, 2.75) is 46.1 Å². The highest BCUT2D eigenvalue weighted by atomic mass is 16.5. The third kappa shape index (κ3) is 4.71. The first-order valence-corrected chi connectivity index (χ1v) is 8.75. The van der Waals surface area contributed by atoms with Crippen LogP contribution in [0.3, 0.4) is 0 Å². The van der Waals surface area contributed by atoms with E-state index in [4.69, 9.17) is 4.74 Å². The van der Waals surface area contributed by atoms with Crippen molar-refractivity contribution in [1.82, 2.24) is 4.90 Å². The molecular formula is C19H30N2O2. The second-order valence-electron chi connectivity index (χ2n) is 6.81. The maximum Gasteiger partial charge on any atom is 0.254 e. The Labute approximate surface area is 140 Å². The fourth-order valence-corrected chi connectivity index (χ4v) is 3.01. The molecule has 1 heterocycles. The Bertz CT molecular complexity index is 511. The molecule has 23 heavy (non-hydrogen) atoms. The van der Waals surface area contributed by atoms with Gasteiger partial charge >= 0.3 is 0 Å². The molecule has 0 saturated carbocycles. The van der Waals surface area contributed by atoms with Crippen LogP contribution in [-0.4, -0.2) is 49.2 Å². The molecule has 1 saturated heterocycles. The molecular weight excluding hydrogens is 288 g/mol. The largest absolute Gasteiger partial charge is 0.372 e. The standard InChI is InChI=1S/C19H30N2O2/c1-5-7-12-20(6-2)17-10-8-16(9-11-17)18(22)21-13-14-23-19(3,4)15-21/h8-11H,5-7,12-15H2,1-4H3. The molecule has 1 aliphatic rings. The number of ether oxygens (including phenoxy) is 1. The van der Waals surface area contributed by atoms with E-state index in [2.05, 4.69) is 30.9 Å². The van der Waals surface area contributed by atoms with Gasteiger partial charge < -0.3 is 14.5 Å². The number of hydrogen-bond acceptors (Lipinski definition) is 3. The van der Waals surface area contributed by atoms with Crippen molar-refractivity contribution < 1.29 is 9.53 Å². The van der Waals surface area contributed by atoms with Gasteiger partial charge in [0.2, 0.25) is 0 Å². The third-order valence-electron chi connectivity index (χ3n) is 4.36. The van der Waals surface area contributed by atoms with Crippen LogP contribution in [-0.2, 0) is 4.74 Å². The Morgan fingerprint density at radius 3 is 2.52 bits per heavy atom. The molecule has 1 aliphatic heterocycles. The minimum absolute atomic E-state index is 0.101. The van der Waals surface area contributed by atoms with Crippen LogP contribution < -0.4 is 4.90 Å². The van der Waals surface area contributed by atoms with Gasteiger partial charge in [-0.25, -0.2) is 0 Å². The number of hydrogen-bond donors (Lipinski definition) is 0. The van der Waals surface area contributed by atoms with Gasteiger partial charge in [0.15, 0.2) is 0 Å². The average molecular weight is 318 g/mol. The van der Waals surface area contributed by atoms with Gasteiger partial charge in [-0.3, -0.25) is 4.79 Å². The van der Waals surface area contributed by atoms with Crippen LogP contribution in [0.15, 0.2) is 24.3 Å². The number of benzene rings is 1. The van der Waals surface area contributed by atoms with Gasteiger partial charge in [-0.15, -0.1) is 0 Å². The van der Waals surface area contributed by atoms with Crippen LogP contribution >= 0.6 is 0 Å². The Hall–Kier alpha value is -1.55. The maximum atomic E-state index is 12.7. The van der Waals surface area contributed by atoms with Gasteiger partial charge in [-0.1, -0.05) is 13.3 Å². The lowest BCUT2D eigenvalue weighted by Gasteiger charge is -2.38. The molecule has 1 fully saturated rings. The summed E-state index contributed by atoms with van der Waals surface area (Å²) in [5, 5.41) is 0. The summed E-state index contributed by atoms with van der Waals surface area (Å²) in [5.74, 6) is 0.101. The molecule has 0 N–H and O–H groups in total. The van der Waals surface area contributed by atoms with Crippen LogP contribution in [0, 0.1) is 0 Å². The zero-order chi connectivity index (χ0) is 16.9. The van der Waals surface area contributed by atoms with Crippen LogP contribution in [0.1, 0.15) is 50.9 Å². The minimum Gasteiger partial charge on any atom is -0.372 e. The molecule has 1 amide bonds. The molecule has 0 spiro atoms. The molecule has 0 bridgehead atoms. The first-order chi connectivity index (χ1) is 11.0.